The summed E-state index contributed by atoms with van der Waals surface area (Å²) in [6.07, 6.45) is 8.11. The third-order valence-electron chi connectivity index (χ3n) is 2.32. The molecule has 1 aromatic carbocycles. The van der Waals surface area contributed by atoms with Gasteiger partial charge in [-0.25, -0.2) is 9.78 Å². The van der Waals surface area contributed by atoms with Crippen molar-refractivity contribution in [1.29, 1.82) is 0 Å². The Morgan fingerprint density at radius 3 is 2.61 bits per heavy atom. The zero-order chi connectivity index (χ0) is 12.1. The van der Waals surface area contributed by atoms with Gasteiger partial charge in [-0.1, -0.05) is 24.3 Å². The molecule has 1 N–H and O–H groups in total. The Morgan fingerprint density at radius 1 is 1.33 bits per heavy atom. The molecule has 0 bridgehead atoms. The van der Waals surface area contributed by atoms with Crippen molar-refractivity contribution in [3.8, 4) is 0 Å². The van der Waals surface area contributed by atoms with Crippen molar-refractivity contribution in [3.05, 3.63) is 60.2 Å². The van der Waals surface area contributed by atoms with Gasteiger partial charge in [-0.05, 0) is 17.2 Å². The molecule has 0 atom stereocenters. The second-order valence-corrected chi connectivity index (χ2v) is 3.65. The fourth-order valence-corrected chi connectivity index (χ4v) is 1.49. The molecule has 0 aliphatic heterocycles. The van der Waals surface area contributed by atoms with Crippen LogP contribution < -0.4 is 0 Å². The van der Waals surface area contributed by atoms with Gasteiger partial charge in [-0.2, -0.15) is 0 Å². The maximum absolute atomic E-state index is 10.4. The van der Waals surface area contributed by atoms with Crippen molar-refractivity contribution < 1.29 is 9.90 Å². The molecule has 0 spiro atoms. The predicted octanol–water partition coefficient (Wildman–Crippen LogP) is 1.38. The van der Waals surface area contributed by atoms with Gasteiger partial charge in [0.15, 0.2) is 0 Å². The van der Waals surface area contributed by atoms with Crippen molar-refractivity contribution in [3.63, 3.8) is 0 Å². The molecule has 0 fully saturated rings. The fourth-order valence-electron chi connectivity index (χ4n) is 1.49. The van der Waals surface area contributed by atoms with Gasteiger partial charge in [0.1, 0.15) is 0 Å². The number of rotatable bonds is 4. The summed E-state index contributed by atoms with van der Waals surface area (Å²) in [6, 6.07) is 7.74. The second kappa shape index (κ2) is 7.16. The molecule has 1 aromatic heterocycles. The van der Waals surface area contributed by atoms with Gasteiger partial charge in [-0.15, -0.1) is 0 Å². The number of carboxylic acid groups (broad SMARTS) is 1. The van der Waals surface area contributed by atoms with Crippen LogP contribution in [0.2, 0.25) is 0 Å². The third kappa shape index (κ3) is 4.49. The molecular weight excluding hydrogens is 239 g/mol. The number of imidazole rings is 1. The van der Waals surface area contributed by atoms with Crippen LogP contribution >= 0.6 is 0 Å². The molecule has 2 rings (SSSR count). The third-order valence-corrected chi connectivity index (χ3v) is 2.32. The number of benzene rings is 1. The molecule has 0 radical (unpaired) electrons. The van der Waals surface area contributed by atoms with Gasteiger partial charge in [0, 0.05) is 25.0 Å². The minimum atomic E-state index is -0.938. The van der Waals surface area contributed by atoms with Gasteiger partial charge in [0.05, 0.1) is 6.33 Å². The average Bonchev–Trinajstić information content (AvgIpc) is 2.81. The van der Waals surface area contributed by atoms with Crippen LogP contribution in [0.1, 0.15) is 11.1 Å². The Bertz CT molecular complexity index is 518. The van der Waals surface area contributed by atoms with Crippen LogP contribution in [-0.2, 0) is 11.3 Å². The number of aromatic nitrogens is 2. The second-order valence-electron chi connectivity index (χ2n) is 3.65. The monoisotopic (exact) mass is 252 g/mol. The predicted molar refractivity (Wildman–Crippen MR) is 71.6 cm³/mol. The summed E-state index contributed by atoms with van der Waals surface area (Å²) in [5.41, 5.74) is 2.03. The number of hydrogen-bond donors (Lipinski definition) is 1. The Kier molecular flexibility index (Phi) is 5.85. The molecule has 5 heteroatoms. The summed E-state index contributed by atoms with van der Waals surface area (Å²) >= 11 is 0. The zero-order valence-corrected chi connectivity index (χ0v) is 9.15. The van der Waals surface area contributed by atoms with Crippen molar-refractivity contribution >= 4 is 41.6 Å². The molecule has 4 nitrogen and oxygen atoms in total. The number of carbonyl (C=O) groups is 1. The topological polar surface area (TPSA) is 55.1 Å². The SMILES string of the molecule is O=C(O)/C=C/c1ccc(Cn2ccnc2)cc1.[NaH]. The molecule has 0 aliphatic rings. The molecule has 0 saturated carbocycles. The van der Waals surface area contributed by atoms with Crippen LogP contribution in [0.15, 0.2) is 49.1 Å². The first-order valence-corrected chi connectivity index (χ1v) is 5.20. The first kappa shape index (κ1) is 14.7. The van der Waals surface area contributed by atoms with Crippen molar-refractivity contribution in [2.75, 3.05) is 0 Å². The molecular formula is C13H13N2NaO2. The van der Waals surface area contributed by atoms with Crippen LogP contribution in [0.4, 0.5) is 0 Å². The Hall–Kier alpha value is -1.36. The van der Waals surface area contributed by atoms with Crippen LogP contribution in [-0.4, -0.2) is 50.2 Å². The van der Waals surface area contributed by atoms with Gasteiger partial charge < -0.3 is 9.67 Å². The van der Waals surface area contributed by atoms with E-state index in [9.17, 15) is 4.79 Å². The van der Waals surface area contributed by atoms with Crippen LogP contribution in [0, 0.1) is 0 Å². The van der Waals surface area contributed by atoms with E-state index in [4.69, 9.17) is 5.11 Å². The standard InChI is InChI=1S/C13H12N2O2.Na.H/c16-13(17)6-5-11-1-3-12(4-2-11)9-15-8-7-14-10-15;;/h1-8,10H,9H2,(H,16,17);;/b6-5+;;. The van der Waals surface area contributed by atoms with Crippen LogP contribution in [0.25, 0.3) is 6.08 Å². The Labute approximate surface area is 127 Å². The number of hydrogen-bond acceptors (Lipinski definition) is 2. The van der Waals surface area contributed by atoms with Crippen LogP contribution in [0.5, 0.6) is 0 Å². The van der Waals surface area contributed by atoms with Crippen molar-refractivity contribution in [2.45, 2.75) is 6.54 Å². The normalized spacial score (nSPS) is 10.2. The number of carboxylic acids is 1. The fraction of sp³-hybridized carbons (Fsp3) is 0.0769. The molecule has 0 aliphatic carbocycles. The van der Waals surface area contributed by atoms with E-state index in [1.54, 1.807) is 18.6 Å². The quantitative estimate of drug-likeness (QED) is 0.660. The Balaban J connectivity index is 0.00000162. The molecule has 2 aromatic rings. The van der Waals surface area contributed by atoms with Gasteiger partial charge in [-0.3, -0.25) is 0 Å². The van der Waals surface area contributed by atoms with E-state index in [0.29, 0.717) is 0 Å². The summed E-state index contributed by atoms with van der Waals surface area (Å²) < 4.78 is 1.97. The first-order valence-electron chi connectivity index (χ1n) is 5.20. The van der Waals surface area contributed by atoms with E-state index in [1.165, 1.54) is 0 Å². The van der Waals surface area contributed by atoms with Crippen molar-refractivity contribution in [1.82, 2.24) is 9.55 Å². The first-order chi connectivity index (χ1) is 8.24. The van der Waals surface area contributed by atoms with Crippen LogP contribution in [0.3, 0.4) is 0 Å². The molecule has 0 amide bonds. The van der Waals surface area contributed by atoms with Gasteiger partial charge in [0.25, 0.3) is 0 Å². The summed E-state index contributed by atoms with van der Waals surface area (Å²) in [5.74, 6) is -0.938. The van der Waals surface area contributed by atoms with E-state index in [0.717, 1.165) is 23.7 Å². The average molecular weight is 252 g/mol. The van der Waals surface area contributed by atoms with E-state index >= 15 is 0 Å². The zero-order valence-electron chi connectivity index (χ0n) is 9.15. The minimum absolute atomic E-state index is 0. The molecule has 0 unspecified atom stereocenters. The van der Waals surface area contributed by atoms with E-state index in [-0.39, 0.29) is 29.6 Å². The van der Waals surface area contributed by atoms with Gasteiger partial charge >= 0.3 is 35.5 Å². The van der Waals surface area contributed by atoms with E-state index < -0.39 is 5.97 Å². The molecule has 1 heterocycles. The number of aliphatic carboxylic acids is 1. The van der Waals surface area contributed by atoms with Gasteiger partial charge in [0.2, 0.25) is 0 Å². The van der Waals surface area contributed by atoms with E-state index in [2.05, 4.69) is 4.98 Å². The summed E-state index contributed by atoms with van der Waals surface area (Å²) in [6.45, 7) is 0.767. The molecule has 88 valence electrons. The molecule has 0 saturated heterocycles. The van der Waals surface area contributed by atoms with E-state index in [1.807, 2.05) is 35.0 Å². The number of nitrogens with zero attached hydrogens (tertiary/aromatic N) is 2. The summed E-state index contributed by atoms with van der Waals surface area (Å²) in [4.78, 5) is 14.3. The Morgan fingerprint density at radius 2 is 2.06 bits per heavy atom. The maximum atomic E-state index is 10.4. The van der Waals surface area contributed by atoms with Crippen molar-refractivity contribution in [2.24, 2.45) is 0 Å². The summed E-state index contributed by atoms with van der Waals surface area (Å²) in [5, 5.41) is 8.50. The summed E-state index contributed by atoms with van der Waals surface area (Å²) in [7, 11) is 0. The molecule has 18 heavy (non-hydrogen) atoms.